The quantitative estimate of drug-likeness (QED) is 0.557. The van der Waals surface area contributed by atoms with Crippen LogP contribution >= 0.6 is 0 Å². The Morgan fingerprint density at radius 1 is 1.25 bits per heavy atom. The number of fused-ring (bicyclic) bond motifs is 1. The van der Waals surface area contributed by atoms with Gasteiger partial charge in [0.05, 0.1) is 6.54 Å². The van der Waals surface area contributed by atoms with Gasteiger partial charge in [-0.3, -0.25) is 0 Å². The fourth-order valence-electron chi connectivity index (χ4n) is 1.38. The van der Waals surface area contributed by atoms with E-state index in [4.69, 9.17) is 6.42 Å². The summed E-state index contributed by atoms with van der Waals surface area (Å²) in [5.41, 5.74) is 1.20. The molecule has 0 saturated heterocycles. The summed E-state index contributed by atoms with van der Waals surface area (Å²) in [6.45, 7) is 0.646. The van der Waals surface area contributed by atoms with E-state index in [0.717, 1.165) is 0 Å². The van der Waals surface area contributed by atoms with E-state index in [1.54, 1.807) is 0 Å². The lowest BCUT2D eigenvalue weighted by atomic mass is 10.2. The molecule has 2 aromatic rings. The number of hydrogen-bond acceptors (Lipinski definition) is 0. The second-order valence-electron chi connectivity index (χ2n) is 2.71. The van der Waals surface area contributed by atoms with Crippen molar-refractivity contribution in [2.24, 2.45) is 0 Å². The lowest BCUT2D eigenvalue weighted by Gasteiger charge is -1.97. The third-order valence-electron chi connectivity index (χ3n) is 1.94. The Morgan fingerprint density at radius 2 is 2.08 bits per heavy atom. The standard InChI is InChI=1S/C11H9N/c1-2-8-12-9-7-10-5-3-4-6-11(10)12/h1,3-7,9H,8H2. The van der Waals surface area contributed by atoms with Crippen molar-refractivity contribution in [3.8, 4) is 12.3 Å². The van der Waals surface area contributed by atoms with Gasteiger partial charge in [-0.05, 0) is 17.5 Å². The van der Waals surface area contributed by atoms with Crippen LogP contribution in [-0.4, -0.2) is 4.57 Å². The van der Waals surface area contributed by atoms with E-state index in [0.29, 0.717) is 6.54 Å². The van der Waals surface area contributed by atoms with Crippen molar-refractivity contribution < 1.29 is 0 Å². The maximum Gasteiger partial charge on any atom is 0.0834 e. The molecular formula is C11H9N. The van der Waals surface area contributed by atoms with Gasteiger partial charge in [0, 0.05) is 11.7 Å². The van der Waals surface area contributed by atoms with Crippen LogP contribution in [0.2, 0.25) is 0 Å². The Morgan fingerprint density at radius 3 is 2.92 bits per heavy atom. The van der Waals surface area contributed by atoms with Crippen molar-refractivity contribution in [2.45, 2.75) is 6.54 Å². The number of benzene rings is 1. The average molecular weight is 155 g/mol. The van der Waals surface area contributed by atoms with Gasteiger partial charge in [0.15, 0.2) is 0 Å². The first-order chi connectivity index (χ1) is 5.92. The normalized spacial score (nSPS) is 9.92. The smallest absolute Gasteiger partial charge is 0.0834 e. The van der Waals surface area contributed by atoms with E-state index < -0.39 is 0 Å². The maximum absolute atomic E-state index is 5.24. The van der Waals surface area contributed by atoms with Gasteiger partial charge in [-0.15, -0.1) is 6.42 Å². The minimum absolute atomic E-state index is 0.646. The first-order valence-electron chi connectivity index (χ1n) is 3.89. The molecule has 1 nitrogen and oxygen atoms in total. The van der Waals surface area contributed by atoms with Crippen LogP contribution in [0.15, 0.2) is 36.5 Å². The van der Waals surface area contributed by atoms with Crippen molar-refractivity contribution in [3.05, 3.63) is 36.5 Å². The molecule has 12 heavy (non-hydrogen) atoms. The molecule has 0 saturated carbocycles. The number of para-hydroxylation sites is 1. The van der Waals surface area contributed by atoms with Gasteiger partial charge in [-0.2, -0.15) is 0 Å². The van der Waals surface area contributed by atoms with Crippen molar-refractivity contribution >= 4 is 10.9 Å². The summed E-state index contributed by atoms with van der Waals surface area (Å²) in [7, 11) is 0. The SMILES string of the molecule is C#CCn1ccc2ccccc21. The summed E-state index contributed by atoms with van der Waals surface area (Å²) < 4.78 is 2.06. The lowest BCUT2D eigenvalue weighted by molar-refractivity contribution is 0.886. The van der Waals surface area contributed by atoms with Crippen molar-refractivity contribution in [3.63, 3.8) is 0 Å². The van der Waals surface area contributed by atoms with Gasteiger partial charge in [0.25, 0.3) is 0 Å². The van der Waals surface area contributed by atoms with Crippen LogP contribution in [0, 0.1) is 12.3 Å². The Labute approximate surface area is 71.6 Å². The fraction of sp³-hybridized carbons (Fsp3) is 0.0909. The second kappa shape index (κ2) is 2.75. The van der Waals surface area contributed by atoms with Crippen molar-refractivity contribution in [1.82, 2.24) is 4.57 Å². The third kappa shape index (κ3) is 0.981. The Kier molecular flexibility index (Phi) is 1.60. The van der Waals surface area contributed by atoms with Crippen molar-refractivity contribution in [2.75, 3.05) is 0 Å². The zero-order valence-electron chi connectivity index (χ0n) is 6.70. The maximum atomic E-state index is 5.24. The first-order valence-corrected chi connectivity index (χ1v) is 3.89. The van der Waals surface area contributed by atoms with Crippen LogP contribution in [0.1, 0.15) is 0 Å². The highest BCUT2D eigenvalue weighted by Gasteiger charge is 1.96. The summed E-state index contributed by atoms with van der Waals surface area (Å²) in [4.78, 5) is 0. The molecule has 0 unspecified atom stereocenters. The molecule has 1 heterocycles. The molecular weight excluding hydrogens is 146 g/mol. The molecule has 0 aliphatic rings. The molecule has 1 aromatic heterocycles. The number of hydrogen-bond donors (Lipinski definition) is 0. The monoisotopic (exact) mass is 155 g/mol. The van der Waals surface area contributed by atoms with Gasteiger partial charge >= 0.3 is 0 Å². The molecule has 0 fully saturated rings. The molecule has 0 radical (unpaired) electrons. The zero-order valence-corrected chi connectivity index (χ0v) is 6.70. The molecule has 0 aliphatic heterocycles. The molecule has 2 rings (SSSR count). The van der Waals surface area contributed by atoms with E-state index >= 15 is 0 Å². The molecule has 0 atom stereocenters. The minimum atomic E-state index is 0.646. The Balaban J connectivity index is 2.64. The Bertz CT molecular complexity index is 431. The third-order valence-corrected chi connectivity index (χ3v) is 1.94. The predicted molar refractivity (Wildman–Crippen MR) is 50.8 cm³/mol. The van der Waals surface area contributed by atoms with E-state index in [2.05, 4.69) is 28.7 Å². The molecule has 0 amide bonds. The number of nitrogens with zero attached hydrogens (tertiary/aromatic N) is 1. The molecule has 0 aliphatic carbocycles. The zero-order chi connectivity index (χ0) is 8.39. The molecule has 1 heteroatoms. The van der Waals surface area contributed by atoms with Crippen LogP contribution in [0.4, 0.5) is 0 Å². The van der Waals surface area contributed by atoms with Gasteiger partial charge < -0.3 is 4.57 Å². The highest BCUT2D eigenvalue weighted by molar-refractivity contribution is 5.79. The summed E-state index contributed by atoms with van der Waals surface area (Å²) >= 11 is 0. The van der Waals surface area contributed by atoms with Gasteiger partial charge in [0.1, 0.15) is 0 Å². The highest BCUT2D eigenvalue weighted by Crippen LogP contribution is 2.14. The predicted octanol–water partition coefficient (Wildman–Crippen LogP) is 2.27. The van der Waals surface area contributed by atoms with E-state index in [9.17, 15) is 0 Å². The van der Waals surface area contributed by atoms with Gasteiger partial charge in [-0.25, -0.2) is 0 Å². The first kappa shape index (κ1) is 7.00. The molecule has 0 N–H and O–H groups in total. The molecule has 58 valence electrons. The number of aromatic nitrogens is 1. The average Bonchev–Trinajstić information content (AvgIpc) is 2.50. The fourth-order valence-corrected chi connectivity index (χ4v) is 1.38. The van der Waals surface area contributed by atoms with E-state index in [1.807, 2.05) is 18.3 Å². The van der Waals surface area contributed by atoms with E-state index in [1.165, 1.54) is 10.9 Å². The Hall–Kier alpha value is -1.68. The summed E-state index contributed by atoms with van der Waals surface area (Å²) in [5.74, 6) is 2.63. The van der Waals surface area contributed by atoms with Crippen LogP contribution in [0.25, 0.3) is 10.9 Å². The topological polar surface area (TPSA) is 4.93 Å². The van der Waals surface area contributed by atoms with Crippen LogP contribution in [0.3, 0.4) is 0 Å². The summed E-state index contributed by atoms with van der Waals surface area (Å²) in [6.07, 6.45) is 7.26. The second-order valence-corrected chi connectivity index (χ2v) is 2.71. The van der Waals surface area contributed by atoms with Crippen LogP contribution in [-0.2, 0) is 6.54 Å². The van der Waals surface area contributed by atoms with Crippen LogP contribution < -0.4 is 0 Å². The molecule has 1 aromatic carbocycles. The van der Waals surface area contributed by atoms with Crippen LogP contribution in [0.5, 0.6) is 0 Å². The molecule has 0 spiro atoms. The van der Waals surface area contributed by atoms with E-state index in [-0.39, 0.29) is 0 Å². The molecule has 0 bridgehead atoms. The number of terminal acetylenes is 1. The van der Waals surface area contributed by atoms with Gasteiger partial charge in [0.2, 0.25) is 0 Å². The summed E-state index contributed by atoms with van der Waals surface area (Å²) in [6, 6.07) is 10.3. The minimum Gasteiger partial charge on any atom is -0.336 e. The number of rotatable bonds is 1. The van der Waals surface area contributed by atoms with Crippen molar-refractivity contribution in [1.29, 1.82) is 0 Å². The summed E-state index contributed by atoms with van der Waals surface area (Å²) in [5, 5.41) is 1.24. The largest absolute Gasteiger partial charge is 0.336 e. The van der Waals surface area contributed by atoms with Gasteiger partial charge in [-0.1, -0.05) is 24.1 Å². The highest BCUT2D eigenvalue weighted by atomic mass is 14.9. The lowest BCUT2D eigenvalue weighted by Crippen LogP contribution is -1.91.